The van der Waals surface area contributed by atoms with Crippen molar-refractivity contribution in [3.8, 4) is 0 Å². The Morgan fingerprint density at radius 1 is 1.40 bits per heavy atom. The number of allylic oxidation sites excluding steroid dienone is 5. The summed E-state index contributed by atoms with van der Waals surface area (Å²) in [7, 11) is 2.25. The summed E-state index contributed by atoms with van der Waals surface area (Å²) >= 11 is 0. The van der Waals surface area contributed by atoms with Crippen LogP contribution in [0, 0.1) is 11.8 Å². The first-order valence-corrected chi connectivity index (χ1v) is 8.21. The molecule has 0 aromatic carbocycles. The minimum atomic E-state index is 0.607. The molecule has 0 radical (unpaired) electrons. The fraction of sp³-hybridized carbons (Fsp3) is 0.684. The van der Waals surface area contributed by atoms with E-state index in [-0.39, 0.29) is 0 Å². The number of hydrogen-bond acceptors (Lipinski definition) is 1. The summed E-state index contributed by atoms with van der Waals surface area (Å²) in [5.74, 6) is 1.53. The third kappa shape index (κ3) is 7.09. The van der Waals surface area contributed by atoms with Crippen LogP contribution in [0.15, 0.2) is 36.0 Å². The van der Waals surface area contributed by atoms with Gasteiger partial charge < -0.3 is 4.90 Å². The Hall–Kier alpha value is -0.820. The highest BCUT2D eigenvalue weighted by Gasteiger charge is 2.16. The second-order valence-electron chi connectivity index (χ2n) is 6.74. The summed E-state index contributed by atoms with van der Waals surface area (Å²) < 4.78 is 0. The van der Waals surface area contributed by atoms with Crippen molar-refractivity contribution in [3.05, 3.63) is 36.0 Å². The van der Waals surface area contributed by atoms with Crippen molar-refractivity contribution < 1.29 is 0 Å². The molecule has 1 fully saturated rings. The molecule has 1 rings (SSSR count). The molecule has 1 unspecified atom stereocenters. The van der Waals surface area contributed by atoms with E-state index >= 15 is 0 Å². The van der Waals surface area contributed by atoms with Gasteiger partial charge in [0.05, 0.1) is 0 Å². The quantitative estimate of drug-likeness (QED) is 0.455. The van der Waals surface area contributed by atoms with Crippen LogP contribution in [0.1, 0.15) is 52.9 Å². The topological polar surface area (TPSA) is 3.24 Å². The molecule has 0 aromatic rings. The largest absolute Gasteiger partial charge is 0.306 e. The number of unbranched alkanes of at least 4 members (excludes halogenated alkanes) is 1. The van der Waals surface area contributed by atoms with Crippen LogP contribution < -0.4 is 0 Å². The molecule has 1 atom stereocenters. The van der Waals surface area contributed by atoms with Crippen molar-refractivity contribution >= 4 is 0 Å². The van der Waals surface area contributed by atoms with Crippen LogP contribution in [0.4, 0.5) is 0 Å². The van der Waals surface area contributed by atoms with Crippen LogP contribution >= 0.6 is 0 Å². The summed E-state index contributed by atoms with van der Waals surface area (Å²) in [6.45, 7) is 13.2. The molecule has 0 aliphatic carbocycles. The van der Waals surface area contributed by atoms with E-state index in [4.69, 9.17) is 0 Å². The summed E-state index contributed by atoms with van der Waals surface area (Å²) in [5, 5.41) is 0. The van der Waals surface area contributed by atoms with Gasteiger partial charge >= 0.3 is 0 Å². The molecule has 1 heteroatoms. The maximum atomic E-state index is 4.09. The second-order valence-corrected chi connectivity index (χ2v) is 6.74. The Morgan fingerprint density at radius 2 is 2.15 bits per heavy atom. The maximum Gasteiger partial charge on any atom is 0.000662 e. The van der Waals surface area contributed by atoms with Gasteiger partial charge in [-0.25, -0.2) is 0 Å². The molecular formula is C19H33N. The first-order chi connectivity index (χ1) is 9.49. The summed E-state index contributed by atoms with van der Waals surface area (Å²) in [5.41, 5.74) is 2.50. The lowest BCUT2D eigenvalue weighted by atomic mass is 9.92. The van der Waals surface area contributed by atoms with Crippen molar-refractivity contribution in [2.45, 2.75) is 52.9 Å². The molecule has 0 saturated carbocycles. The molecule has 0 amide bonds. The molecule has 1 saturated heterocycles. The standard InChI is InChI=1S/C19H33N/c1-16(2)12-13-19(17(3)4)11-7-6-9-18-10-8-14-20(5)15-18/h11-13,16,18H,3,6-10,14-15H2,1-2,4-5H3/b13-12+,19-11+. The van der Waals surface area contributed by atoms with Gasteiger partial charge in [0.2, 0.25) is 0 Å². The molecule has 1 aliphatic rings. The Labute approximate surface area is 126 Å². The van der Waals surface area contributed by atoms with E-state index < -0.39 is 0 Å². The van der Waals surface area contributed by atoms with Gasteiger partial charge in [-0.3, -0.25) is 0 Å². The SMILES string of the molecule is C=C(C)C(/C=C/C(C)C)=C/CCCC1CCCN(C)C1. The second kappa shape index (κ2) is 9.18. The zero-order valence-electron chi connectivity index (χ0n) is 14.0. The maximum absolute atomic E-state index is 4.09. The van der Waals surface area contributed by atoms with Gasteiger partial charge in [-0.1, -0.05) is 44.2 Å². The number of hydrogen-bond donors (Lipinski definition) is 0. The number of rotatable bonds is 7. The molecule has 0 spiro atoms. The molecular weight excluding hydrogens is 242 g/mol. The number of piperidine rings is 1. The summed E-state index contributed by atoms with van der Waals surface area (Å²) in [6.07, 6.45) is 13.5. The Kier molecular flexibility index (Phi) is 7.91. The molecule has 114 valence electrons. The van der Waals surface area contributed by atoms with Crippen LogP contribution in [0.25, 0.3) is 0 Å². The summed E-state index contributed by atoms with van der Waals surface area (Å²) in [4.78, 5) is 2.48. The molecule has 0 aromatic heterocycles. The summed E-state index contributed by atoms with van der Waals surface area (Å²) in [6, 6.07) is 0. The predicted molar refractivity (Wildman–Crippen MR) is 90.9 cm³/mol. The van der Waals surface area contributed by atoms with Gasteiger partial charge in [-0.15, -0.1) is 0 Å². The highest BCUT2D eigenvalue weighted by Crippen LogP contribution is 2.21. The van der Waals surface area contributed by atoms with Gasteiger partial charge in [0.15, 0.2) is 0 Å². The fourth-order valence-corrected chi connectivity index (χ4v) is 2.85. The average molecular weight is 275 g/mol. The van der Waals surface area contributed by atoms with Crippen molar-refractivity contribution in [1.29, 1.82) is 0 Å². The molecule has 1 aliphatic heterocycles. The van der Waals surface area contributed by atoms with E-state index in [2.05, 4.69) is 57.5 Å². The zero-order valence-corrected chi connectivity index (χ0v) is 14.0. The zero-order chi connectivity index (χ0) is 15.0. The minimum Gasteiger partial charge on any atom is -0.306 e. The lowest BCUT2D eigenvalue weighted by Gasteiger charge is -2.29. The number of likely N-dealkylation sites (tertiary alicyclic amines) is 1. The van der Waals surface area contributed by atoms with Gasteiger partial charge in [-0.05, 0) is 70.0 Å². The van der Waals surface area contributed by atoms with Gasteiger partial charge in [0, 0.05) is 6.54 Å². The lowest BCUT2D eigenvalue weighted by molar-refractivity contribution is 0.200. The number of nitrogens with zero attached hydrogens (tertiary/aromatic N) is 1. The third-order valence-corrected chi connectivity index (χ3v) is 4.06. The third-order valence-electron chi connectivity index (χ3n) is 4.06. The average Bonchev–Trinajstić information content (AvgIpc) is 2.37. The molecule has 0 N–H and O–H groups in total. The van der Waals surface area contributed by atoms with E-state index in [0.717, 1.165) is 5.92 Å². The van der Waals surface area contributed by atoms with Crippen molar-refractivity contribution in [3.63, 3.8) is 0 Å². The van der Waals surface area contributed by atoms with Crippen LogP contribution in [0.5, 0.6) is 0 Å². The molecule has 1 heterocycles. The minimum absolute atomic E-state index is 0.607. The van der Waals surface area contributed by atoms with E-state index in [0.29, 0.717) is 5.92 Å². The smallest absolute Gasteiger partial charge is 0.000662 e. The highest BCUT2D eigenvalue weighted by molar-refractivity contribution is 5.36. The van der Waals surface area contributed by atoms with E-state index in [1.54, 1.807) is 0 Å². The van der Waals surface area contributed by atoms with Gasteiger partial charge in [-0.2, -0.15) is 0 Å². The first-order valence-electron chi connectivity index (χ1n) is 8.21. The van der Waals surface area contributed by atoms with Crippen molar-refractivity contribution in [2.24, 2.45) is 11.8 Å². The van der Waals surface area contributed by atoms with Crippen molar-refractivity contribution in [2.75, 3.05) is 20.1 Å². The van der Waals surface area contributed by atoms with Gasteiger partial charge in [0.1, 0.15) is 0 Å². The van der Waals surface area contributed by atoms with Gasteiger partial charge in [0.25, 0.3) is 0 Å². The van der Waals surface area contributed by atoms with Crippen LogP contribution in [0.3, 0.4) is 0 Å². The normalized spacial score (nSPS) is 21.9. The molecule has 20 heavy (non-hydrogen) atoms. The van der Waals surface area contributed by atoms with Crippen LogP contribution in [-0.2, 0) is 0 Å². The molecule has 1 nitrogen and oxygen atoms in total. The fourth-order valence-electron chi connectivity index (χ4n) is 2.85. The lowest BCUT2D eigenvalue weighted by Crippen LogP contribution is -2.31. The Bertz CT molecular complexity index is 349. The first kappa shape index (κ1) is 17.2. The van der Waals surface area contributed by atoms with Crippen LogP contribution in [-0.4, -0.2) is 25.0 Å². The monoisotopic (exact) mass is 275 g/mol. The Balaban J connectivity index is 2.35. The van der Waals surface area contributed by atoms with E-state index in [1.807, 2.05) is 0 Å². The van der Waals surface area contributed by atoms with Crippen LogP contribution in [0.2, 0.25) is 0 Å². The van der Waals surface area contributed by atoms with Crippen molar-refractivity contribution in [1.82, 2.24) is 4.90 Å². The van der Waals surface area contributed by atoms with E-state index in [9.17, 15) is 0 Å². The predicted octanol–water partition coefficient (Wildman–Crippen LogP) is 5.21. The molecule has 0 bridgehead atoms. The highest BCUT2D eigenvalue weighted by atomic mass is 15.1. The Morgan fingerprint density at radius 3 is 2.75 bits per heavy atom. The van der Waals surface area contributed by atoms with E-state index in [1.165, 1.54) is 56.3 Å².